The monoisotopic (exact) mass is 246 g/mol. The third-order valence-corrected chi connectivity index (χ3v) is 3.89. The first-order valence-electron chi connectivity index (χ1n) is 7.39. The van der Waals surface area contributed by atoms with E-state index in [1.54, 1.807) is 0 Å². The fourth-order valence-corrected chi connectivity index (χ4v) is 2.69. The van der Waals surface area contributed by atoms with Gasteiger partial charge in [0.1, 0.15) is 0 Å². The summed E-state index contributed by atoms with van der Waals surface area (Å²) in [5.74, 6) is 0. The maximum absolute atomic E-state index is 3.63. The minimum atomic E-state index is 0.604. The van der Waals surface area contributed by atoms with E-state index in [4.69, 9.17) is 0 Å². The van der Waals surface area contributed by atoms with Crippen LogP contribution in [0.15, 0.2) is 24.3 Å². The van der Waals surface area contributed by atoms with Crippen LogP contribution in [-0.2, 0) is 6.54 Å². The van der Waals surface area contributed by atoms with Crippen molar-refractivity contribution in [2.75, 3.05) is 18.4 Å². The van der Waals surface area contributed by atoms with E-state index in [1.807, 2.05) is 0 Å². The van der Waals surface area contributed by atoms with Crippen molar-refractivity contribution >= 4 is 5.69 Å². The fraction of sp³-hybridized carbons (Fsp3) is 0.625. The maximum Gasteiger partial charge on any atom is 0.0345 e. The normalized spacial score (nSPS) is 16.4. The Hall–Kier alpha value is -1.02. The minimum absolute atomic E-state index is 0.604. The average Bonchev–Trinajstić information content (AvgIpc) is 2.89. The zero-order chi connectivity index (χ0) is 12.8. The Labute approximate surface area is 111 Å². The van der Waals surface area contributed by atoms with Gasteiger partial charge in [-0.15, -0.1) is 0 Å². The molecule has 0 bridgehead atoms. The van der Waals surface area contributed by atoms with Gasteiger partial charge in [-0.2, -0.15) is 0 Å². The number of rotatable bonds is 6. The first-order chi connectivity index (χ1) is 8.81. The van der Waals surface area contributed by atoms with E-state index in [0.29, 0.717) is 6.04 Å². The Morgan fingerprint density at radius 3 is 2.56 bits per heavy atom. The van der Waals surface area contributed by atoms with Gasteiger partial charge in [0, 0.05) is 18.3 Å². The molecule has 0 aliphatic carbocycles. The molecule has 0 atom stereocenters. The van der Waals surface area contributed by atoms with E-state index in [0.717, 1.165) is 6.54 Å². The lowest BCUT2D eigenvalue weighted by molar-refractivity contribution is 0.331. The lowest BCUT2D eigenvalue weighted by Gasteiger charge is -2.18. The van der Waals surface area contributed by atoms with Gasteiger partial charge in [-0.3, -0.25) is 4.90 Å². The summed E-state index contributed by atoms with van der Waals surface area (Å²) < 4.78 is 0. The Bertz CT molecular complexity index is 333. The topological polar surface area (TPSA) is 15.3 Å². The molecule has 1 aliphatic heterocycles. The number of benzene rings is 1. The second-order valence-electron chi connectivity index (χ2n) is 5.34. The largest absolute Gasteiger partial charge is 0.382 e. The molecular formula is C16H26N2. The van der Waals surface area contributed by atoms with E-state index in [2.05, 4.69) is 48.3 Å². The van der Waals surface area contributed by atoms with E-state index in [-0.39, 0.29) is 0 Å². The molecule has 0 aromatic heterocycles. The van der Waals surface area contributed by atoms with E-state index >= 15 is 0 Å². The Kier molecular flexibility index (Phi) is 5.06. The molecule has 18 heavy (non-hydrogen) atoms. The molecule has 1 aliphatic rings. The summed E-state index contributed by atoms with van der Waals surface area (Å²) in [5, 5.41) is 3.63. The van der Waals surface area contributed by atoms with Gasteiger partial charge in [-0.05, 0) is 56.5 Å². The second kappa shape index (κ2) is 6.79. The van der Waals surface area contributed by atoms with Crippen molar-refractivity contribution in [3.8, 4) is 0 Å². The number of nitrogens with zero attached hydrogens (tertiary/aromatic N) is 1. The van der Waals surface area contributed by atoms with E-state index in [1.165, 1.54) is 50.0 Å². The quantitative estimate of drug-likeness (QED) is 0.819. The number of nitrogens with one attached hydrogen (secondary N) is 1. The van der Waals surface area contributed by atoms with Crippen LogP contribution in [0.4, 0.5) is 5.69 Å². The summed E-state index contributed by atoms with van der Waals surface area (Å²) >= 11 is 0. The van der Waals surface area contributed by atoms with Crippen molar-refractivity contribution in [3.05, 3.63) is 29.8 Å². The number of hydrogen-bond acceptors (Lipinski definition) is 2. The molecule has 1 heterocycles. The van der Waals surface area contributed by atoms with Crippen molar-refractivity contribution in [1.29, 1.82) is 0 Å². The zero-order valence-electron chi connectivity index (χ0n) is 11.8. The molecule has 0 saturated carbocycles. The van der Waals surface area contributed by atoms with Crippen molar-refractivity contribution in [3.63, 3.8) is 0 Å². The summed E-state index contributed by atoms with van der Waals surface area (Å²) in [6, 6.07) is 9.53. The molecule has 1 saturated heterocycles. The summed E-state index contributed by atoms with van der Waals surface area (Å²) in [6.07, 6.45) is 5.11. The molecule has 2 nitrogen and oxygen atoms in total. The van der Waals surface area contributed by atoms with Crippen LogP contribution in [0.2, 0.25) is 0 Å². The molecule has 2 heteroatoms. The lowest BCUT2D eigenvalue weighted by atomic mass is 10.1. The van der Waals surface area contributed by atoms with Crippen LogP contribution < -0.4 is 5.32 Å². The van der Waals surface area contributed by atoms with Gasteiger partial charge in [0.05, 0.1) is 0 Å². The van der Waals surface area contributed by atoms with Crippen LogP contribution in [0.25, 0.3) is 0 Å². The highest BCUT2D eigenvalue weighted by Gasteiger charge is 2.12. The second-order valence-corrected chi connectivity index (χ2v) is 5.34. The lowest BCUT2D eigenvalue weighted by Crippen LogP contribution is -2.19. The minimum Gasteiger partial charge on any atom is -0.382 e. The van der Waals surface area contributed by atoms with Gasteiger partial charge < -0.3 is 5.32 Å². The number of likely N-dealkylation sites (tertiary alicyclic amines) is 1. The third kappa shape index (κ3) is 3.74. The zero-order valence-corrected chi connectivity index (χ0v) is 11.8. The van der Waals surface area contributed by atoms with Crippen molar-refractivity contribution in [1.82, 2.24) is 4.90 Å². The highest BCUT2D eigenvalue weighted by atomic mass is 15.1. The molecule has 0 amide bonds. The fourth-order valence-electron chi connectivity index (χ4n) is 2.69. The highest BCUT2D eigenvalue weighted by molar-refractivity contribution is 5.46. The predicted octanol–water partition coefficient (Wildman–Crippen LogP) is 3.88. The molecule has 0 spiro atoms. The molecule has 2 rings (SSSR count). The van der Waals surface area contributed by atoms with E-state index in [9.17, 15) is 0 Å². The van der Waals surface area contributed by atoms with Crippen LogP contribution in [0.3, 0.4) is 0 Å². The van der Waals surface area contributed by atoms with Crippen LogP contribution in [-0.4, -0.2) is 24.0 Å². The molecule has 100 valence electrons. The molecular weight excluding hydrogens is 220 g/mol. The first-order valence-corrected chi connectivity index (χ1v) is 7.39. The molecule has 1 aromatic carbocycles. The molecule has 1 N–H and O–H groups in total. The molecule has 1 fully saturated rings. The van der Waals surface area contributed by atoms with Crippen molar-refractivity contribution in [2.45, 2.75) is 52.1 Å². The third-order valence-electron chi connectivity index (χ3n) is 3.89. The average molecular weight is 246 g/mol. The molecule has 0 radical (unpaired) electrons. The van der Waals surface area contributed by atoms with E-state index < -0.39 is 0 Å². The predicted molar refractivity (Wildman–Crippen MR) is 78.9 cm³/mol. The summed E-state index contributed by atoms with van der Waals surface area (Å²) in [5.41, 5.74) is 2.72. The van der Waals surface area contributed by atoms with Crippen LogP contribution >= 0.6 is 0 Å². The van der Waals surface area contributed by atoms with Crippen LogP contribution in [0.1, 0.15) is 45.1 Å². The van der Waals surface area contributed by atoms with Gasteiger partial charge in [0.15, 0.2) is 0 Å². The Balaban J connectivity index is 1.95. The van der Waals surface area contributed by atoms with Crippen LogP contribution in [0.5, 0.6) is 0 Å². The van der Waals surface area contributed by atoms with Gasteiger partial charge in [-0.25, -0.2) is 0 Å². The van der Waals surface area contributed by atoms with Crippen molar-refractivity contribution in [2.24, 2.45) is 0 Å². The standard InChI is InChI=1S/C16H26N2/c1-3-15(4-2)17-16-9-7-8-14(12-16)13-18-10-5-6-11-18/h7-9,12,15,17H,3-6,10-11,13H2,1-2H3. The first kappa shape index (κ1) is 13.4. The van der Waals surface area contributed by atoms with Crippen LogP contribution in [0, 0.1) is 0 Å². The number of hydrogen-bond donors (Lipinski definition) is 1. The Morgan fingerprint density at radius 2 is 1.89 bits per heavy atom. The smallest absolute Gasteiger partial charge is 0.0345 e. The maximum atomic E-state index is 3.63. The highest BCUT2D eigenvalue weighted by Crippen LogP contribution is 2.17. The van der Waals surface area contributed by atoms with Gasteiger partial charge in [0.25, 0.3) is 0 Å². The summed E-state index contributed by atoms with van der Waals surface area (Å²) in [6.45, 7) is 8.14. The Morgan fingerprint density at radius 1 is 1.17 bits per heavy atom. The van der Waals surface area contributed by atoms with Crippen molar-refractivity contribution < 1.29 is 0 Å². The number of anilines is 1. The summed E-state index contributed by atoms with van der Waals surface area (Å²) in [7, 11) is 0. The summed E-state index contributed by atoms with van der Waals surface area (Å²) in [4.78, 5) is 2.55. The molecule has 0 unspecified atom stereocenters. The van der Waals surface area contributed by atoms with Gasteiger partial charge in [-0.1, -0.05) is 26.0 Å². The van der Waals surface area contributed by atoms with Gasteiger partial charge >= 0.3 is 0 Å². The van der Waals surface area contributed by atoms with Gasteiger partial charge in [0.2, 0.25) is 0 Å². The molecule has 1 aromatic rings. The SMILES string of the molecule is CCC(CC)Nc1cccc(CN2CCCC2)c1.